The highest BCUT2D eigenvalue weighted by Crippen LogP contribution is 2.29. The van der Waals surface area contributed by atoms with E-state index in [1.807, 2.05) is 23.8 Å². The summed E-state index contributed by atoms with van der Waals surface area (Å²) in [6.07, 6.45) is 1.71. The van der Waals surface area contributed by atoms with Gasteiger partial charge in [0, 0.05) is 16.5 Å². The molecule has 4 aromatic rings. The van der Waals surface area contributed by atoms with E-state index in [-0.39, 0.29) is 5.82 Å². The van der Waals surface area contributed by atoms with Gasteiger partial charge in [-0.3, -0.25) is 5.10 Å². The number of nitrogens with one attached hydrogen (secondary N) is 1. The lowest BCUT2D eigenvalue weighted by atomic mass is 10.1. The largest absolute Gasteiger partial charge is 0.273 e. The molecule has 3 aromatic heterocycles. The molecule has 0 atom stereocenters. The van der Waals surface area contributed by atoms with Gasteiger partial charge in [-0.15, -0.1) is 0 Å². The number of aromatic nitrogens is 4. The number of aromatic amines is 1. The number of hydrogen-bond acceptors (Lipinski definition) is 4. The van der Waals surface area contributed by atoms with Crippen LogP contribution >= 0.6 is 11.3 Å². The van der Waals surface area contributed by atoms with E-state index in [0.717, 1.165) is 28.1 Å². The van der Waals surface area contributed by atoms with E-state index in [1.165, 1.54) is 12.1 Å². The van der Waals surface area contributed by atoms with E-state index in [1.54, 1.807) is 23.6 Å². The average molecular weight is 310 g/mol. The fraction of sp³-hybridized carbons (Fsp3) is 0.0625. The summed E-state index contributed by atoms with van der Waals surface area (Å²) in [6, 6.07) is 6.67. The van der Waals surface area contributed by atoms with Gasteiger partial charge in [-0.1, -0.05) is 0 Å². The Kier molecular flexibility index (Phi) is 2.97. The monoisotopic (exact) mass is 310 g/mol. The molecule has 108 valence electrons. The quantitative estimate of drug-likeness (QED) is 0.604. The Morgan fingerprint density at radius 3 is 2.91 bits per heavy atom. The van der Waals surface area contributed by atoms with Gasteiger partial charge in [-0.25, -0.2) is 14.4 Å². The molecule has 1 aromatic carbocycles. The van der Waals surface area contributed by atoms with Crippen molar-refractivity contribution in [3.05, 3.63) is 52.6 Å². The molecule has 4 rings (SSSR count). The van der Waals surface area contributed by atoms with Crippen LogP contribution in [0.4, 0.5) is 4.39 Å². The van der Waals surface area contributed by atoms with Gasteiger partial charge in [0.15, 0.2) is 5.65 Å². The second-order valence-electron chi connectivity index (χ2n) is 5.00. The number of hydrogen-bond donors (Lipinski definition) is 1. The number of fused-ring (bicyclic) bond motifs is 1. The first-order valence-corrected chi connectivity index (χ1v) is 7.67. The van der Waals surface area contributed by atoms with Crippen LogP contribution in [0.25, 0.3) is 33.7 Å². The molecule has 1 N–H and O–H groups in total. The maximum Gasteiger partial charge on any atom is 0.200 e. The highest BCUT2D eigenvalue weighted by atomic mass is 32.1. The first kappa shape index (κ1) is 13.1. The second kappa shape index (κ2) is 4.99. The summed E-state index contributed by atoms with van der Waals surface area (Å²) in [5, 5.41) is 11.2. The number of benzene rings is 1. The Labute approximate surface area is 129 Å². The summed E-state index contributed by atoms with van der Waals surface area (Å²) in [4.78, 5) is 9.03. The maximum absolute atomic E-state index is 13.3. The van der Waals surface area contributed by atoms with Crippen molar-refractivity contribution in [1.29, 1.82) is 0 Å². The van der Waals surface area contributed by atoms with E-state index >= 15 is 0 Å². The molecule has 0 saturated heterocycles. The van der Waals surface area contributed by atoms with Crippen molar-refractivity contribution < 1.29 is 4.39 Å². The predicted molar refractivity (Wildman–Crippen MR) is 85.1 cm³/mol. The van der Waals surface area contributed by atoms with Crippen LogP contribution in [0.1, 0.15) is 5.56 Å². The fourth-order valence-electron chi connectivity index (χ4n) is 2.44. The van der Waals surface area contributed by atoms with Crippen LogP contribution in [0.15, 0.2) is 41.2 Å². The maximum atomic E-state index is 13.3. The van der Waals surface area contributed by atoms with Crippen LogP contribution in [0.2, 0.25) is 0 Å². The van der Waals surface area contributed by atoms with E-state index in [2.05, 4.69) is 20.2 Å². The van der Waals surface area contributed by atoms with Crippen molar-refractivity contribution in [2.24, 2.45) is 0 Å². The third-order valence-corrected chi connectivity index (χ3v) is 4.22. The van der Waals surface area contributed by atoms with Gasteiger partial charge >= 0.3 is 0 Å². The Hall–Kier alpha value is -2.60. The summed E-state index contributed by atoms with van der Waals surface area (Å²) >= 11 is 1.61. The van der Waals surface area contributed by atoms with Crippen LogP contribution in [0, 0.1) is 12.7 Å². The van der Waals surface area contributed by atoms with Crippen molar-refractivity contribution in [2.75, 3.05) is 0 Å². The second-order valence-corrected chi connectivity index (χ2v) is 5.78. The molecule has 22 heavy (non-hydrogen) atoms. The van der Waals surface area contributed by atoms with E-state index in [4.69, 9.17) is 0 Å². The van der Waals surface area contributed by atoms with E-state index < -0.39 is 0 Å². The summed E-state index contributed by atoms with van der Waals surface area (Å²) in [5.41, 5.74) is 5.54. The molecule has 0 radical (unpaired) electrons. The average Bonchev–Trinajstić information content (AvgIpc) is 3.16. The topological polar surface area (TPSA) is 54.5 Å². The van der Waals surface area contributed by atoms with Crippen LogP contribution in [-0.2, 0) is 0 Å². The van der Waals surface area contributed by atoms with Crippen LogP contribution in [0.3, 0.4) is 0 Å². The SMILES string of the molecule is Cc1cc(F)ccc1-c1[nH]nc2ncc(-c3ccsc3)nc12. The molecular weight excluding hydrogens is 299 g/mol. The smallest absolute Gasteiger partial charge is 0.200 e. The van der Waals surface area contributed by atoms with Crippen molar-refractivity contribution in [3.8, 4) is 22.5 Å². The Morgan fingerprint density at radius 2 is 2.14 bits per heavy atom. The standard InChI is InChI=1S/C16H11FN4S/c1-9-6-11(17)2-3-12(9)14-15-16(21-20-14)18-7-13(19-15)10-4-5-22-8-10/h2-8H,1H3,(H,18,20,21). The van der Waals surface area contributed by atoms with Crippen molar-refractivity contribution in [1.82, 2.24) is 20.2 Å². The van der Waals surface area contributed by atoms with Gasteiger partial charge < -0.3 is 0 Å². The van der Waals surface area contributed by atoms with E-state index in [0.29, 0.717) is 11.2 Å². The molecule has 6 heteroatoms. The third-order valence-electron chi connectivity index (χ3n) is 3.54. The zero-order valence-electron chi connectivity index (χ0n) is 11.7. The molecular formula is C16H11FN4S. The van der Waals surface area contributed by atoms with Gasteiger partial charge in [0.25, 0.3) is 0 Å². The minimum Gasteiger partial charge on any atom is -0.273 e. The molecule has 0 saturated carbocycles. The number of rotatable bonds is 2. The van der Waals surface area contributed by atoms with Crippen LogP contribution < -0.4 is 0 Å². The molecule has 0 aliphatic heterocycles. The first-order chi connectivity index (χ1) is 10.7. The number of H-pyrrole nitrogens is 1. The summed E-state index contributed by atoms with van der Waals surface area (Å²) < 4.78 is 13.3. The minimum absolute atomic E-state index is 0.255. The molecule has 0 unspecified atom stereocenters. The molecule has 3 heterocycles. The van der Waals surface area contributed by atoms with Crippen LogP contribution in [0.5, 0.6) is 0 Å². The molecule has 0 spiro atoms. The Morgan fingerprint density at radius 1 is 1.23 bits per heavy atom. The van der Waals surface area contributed by atoms with Gasteiger partial charge in [-0.2, -0.15) is 16.4 Å². The lowest BCUT2D eigenvalue weighted by Crippen LogP contribution is -1.89. The fourth-order valence-corrected chi connectivity index (χ4v) is 3.09. The lowest BCUT2D eigenvalue weighted by Gasteiger charge is -2.04. The van der Waals surface area contributed by atoms with Gasteiger partial charge in [0.2, 0.25) is 0 Å². The van der Waals surface area contributed by atoms with Gasteiger partial charge in [0.05, 0.1) is 17.6 Å². The number of halogens is 1. The van der Waals surface area contributed by atoms with Crippen molar-refractivity contribution >= 4 is 22.5 Å². The van der Waals surface area contributed by atoms with Crippen molar-refractivity contribution in [2.45, 2.75) is 6.92 Å². The summed E-state index contributed by atoms with van der Waals surface area (Å²) in [7, 11) is 0. The molecule has 0 bridgehead atoms. The molecule has 0 fully saturated rings. The summed E-state index contributed by atoms with van der Waals surface area (Å²) in [5.74, 6) is -0.255. The first-order valence-electron chi connectivity index (χ1n) is 6.72. The number of aryl methyl sites for hydroxylation is 1. The molecule has 0 amide bonds. The molecule has 0 aliphatic rings. The highest BCUT2D eigenvalue weighted by Gasteiger charge is 2.14. The third kappa shape index (κ3) is 2.08. The van der Waals surface area contributed by atoms with Crippen molar-refractivity contribution in [3.63, 3.8) is 0 Å². The number of thiophene rings is 1. The van der Waals surface area contributed by atoms with Crippen LogP contribution in [-0.4, -0.2) is 20.2 Å². The van der Waals surface area contributed by atoms with E-state index in [9.17, 15) is 4.39 Å². The Bertz CT molecular complexity index is 960. The van der Waals surface area contributed by atoms with Gasteiger partial charge in [-0.05, 0) is 42.1 Å². The summed E-state index contributed by atoms with van der Waals surface area (Å²) in [6.45, 7) is 1.86. The Balaban J connectivity index is 1.93. The molecule has 0 aliphatic carbocycles. The zero-order chi connectivity index (χ0) is 15.1. The van der Waals surface area contributed by atoms with Gasteiger partial charge in [0.1, 0.15) is 11.3 Å². The molecule has 4 nitrogen and oxygen atoms in total. The normalized spacial score (nSPS) is 11.2. The highest BCUT2D eigenvalue weighted by molar-refractivity contribution is 7.08. The number of nitrogens with zero attached hydrogens (tertiary/aromatic N) is 3. The lowest BCUT2D eigenvalue weighted by molar-refractivity contribution is 0.627. The predicted octanol–water partition coefficient (Wildman–Crippen LogP) is 4.20. The minimum atomic E-state index is -0.255. The zero-order valence-corrected chi connectivity index (χ0v) is 12.5.